The summed E-state index contributed by atoms with van der Waals surface area (Å²) in [5.74, 6) is 0.0792. The number of rotatable bonds is 6. The van der Waals surface area contributed by atoms with E-state index in [1.54, 1.807) is 6.92 Å². The van der Waals surface area contributed by atoms with E-state index in [4.69, 9.17) is 4.74 Å². The first-order valence-corrected chi connectivity index (χ1v) is 8.54. The highest BCUT2D eigenvalue weighted by molar-refractivity contribution is 5.79. The Morgan fingerprint density at radius 3 is 2.35 bits per heavy atom. The number of esters is 1. The van der Waals surface area contributed by atoms with Crippen LogP contribution < -0.4 is 0 Å². The molecule has 1 rings (SSSR count). The van der Waals surface area contributed by atoms with Crippen molar-refractivity contribution in [1.82, 2.24) is 0 Å². The summed E-state index contributed by atoms with van der Waals surface area (Å²) in [6.07, 6.45) is 1.93. The van der Waals surface area contributed by atoms with Crippen molar-refractivity contribution in [3.63, 3.8) is 0 Å². The predicted molar refractivity (Wildman–Crippen MR) is 95.0 cm³/mol. The molecular formula is C20H32O3. The number of aryl methyl sites for hydroxylation is 1. The van der Waals surface area contributed by atoms with Crippen LogP contribution in [0.1, 0.15) is 77.0 Å². The van der Waals surface area contributed by atoms with Gasteiger partial charge in [-0.3, -0.25) is 4.79 Å². The lowest BCUT2D eigenvalue weighted by molar-refractivity contribution is -0.145. The quantitative estimate of drug-likeness (QED) is 0.587. The first kappa shape index (κ1) is 19.5. The second-order valence-corrected chi connectivity index (χ2v) is 7.91. The molecule has 0 spiro atoms. The predicted octanol–water partition coefficient (Wildman–Crippen LogP) is 5.08. The molecule has 1 aromatic carbocycles. The third-order valence-corrected chi connectivity index (χ3v) is 4.19. The lowest BCUT2D eigenvalue weighted by Gasteiger charge is -2.23. The fourth-order valence-corrected chi connectivity index (χ4v) is 2.49. The standard InChI is InChI=1S/C20H32O3/c1-13(2)9-8-10-23-19(22)15(4)17-12-16(20(5,6)7)11-14(3)18(17)21/h11-13,15,21H,8-10H2,1-7H3. The molecule has 0 heterocycles. The zero-order valence-corrected chi connectivity index (χ0v) is 15.7. The number of phenols is 1. The lowest BCUT2D eigenvalue weighted by Crippen LogP contribution is -2.17. The second-order valence-electron chi connectivity index (χ2n) is 7.91. The Morgan fingerprint density at radius 1 is 1.22 bits per heavy atom. The van der Waals surface area contributed by atoms with Crippen LogP contribution in [0.25, 0.3) is 0 Å². The van der Waals surface area contributed by atoms with Crippen LogP contribution in [-0.2, 0) is 14.9 Å². The summed E-state index contributed by atoms with van der Waals surface area (Å²) in [6.45, 7) is 14.8. The van der Waals surface area contributed by atoms with Crippen molar-refractivity contribution in [1.29, 1.82) is 0 Å². The van der Waals surface area contributed by atoms with E-state index >= 15 is 0 Å². The van der Waals surface area contributed by atoms with E-state index in [2.05, 4.69) is 34.6 Å². The van der Waals surface area contributed by atoms with E-state index < -0.39 is 5.92 Å². The Bertz CT molecular complexity index is 539. The van der Waals surface area contributed by atoms with Crippen LogP contribution in [-0.4, -0.2) is 17.7 Å². The minimum absolute atomic E-state index is 0.0336. The summed E-state index contributed by atoms with van der Waals surface area (Å²) in [7, 11) is 0. The van der Waals surface area contributed by atoms with Crippen LogP contribution in [0, 0.1) is 12.8 Å². The zero-order chi connectivity index (χ0) is 17.8. The molecule has 1 unspecified atom stereocenters. The third-order valence-electron chi connectivity index (χ3n) is 4.19. The summed E-state index contributed by atoms with van der Waals surface area (Å²) in [5.41, 5.74) is 2.53. The maximum Gasteiger partial charge on any atom is 0.313 e. The average molecular weight is 320 g/mol. The first-order chi connectivity index (χ1) is 10.5. The van der Waals surface area contributed by atoms with Gasteiger partial charge in [0.1, 0.15) is 5.75 Å². The van der Waals surface area contributed by atoms with Crippen LogP contribution in [0.3, 0.4) is 0 Å². The van der Waals surface area contributed by atoms with Crippen molar-refractivity contribution in [2.45, 2.75) is 72.6 Å². The molecule has 1 aromatic rings. The Morgan fingerprint density at radius 2 is 1.83 bits per heavy atom. The second kappa shape index (κ2) is 7.85. The highest BCUT2D eigenvalue weighted by Crippen LogP contribution is 2.35. The molecule has 0 amide bonds. The van der Waals surface area contributed by atoms with E-state index in [1.807, 2.05) is 19.1 Å². The summed E-state index contributed by atoms with van der Waals surface area (Å²) in [6, 6.07) is 3.92. The first-order valence-electron chi connectivity index (χ1n) is 8.54. The van der Waals surface area contributed by atoms with E-state index in [0.717, 1.165) is 24.0 Å². The molecule has 0 bridgehead atoms. The monoisotopic (exact) mass is 320 g/mol. The Balaban J connectivity index is 2.88. The maximum absolute atomic E-state index is 12.3. The molecule has 0 saturated heterocycles. The van der Waals surface area contributed by atoms with Gasteiger partial charge in [0.15, 0.2) is 0 Å². The van der Waals surface area contributed by atoms with E-state index in [9.17, 15) is 9.90 Å². The van der Waals surface area contributed by atoms with Gasteiger partial charge in [-0.05, 0) is 49.1 Å². The number of hydrogen-bond acceptors (Lipinski definition) is 3. The lowest BCUT2D eigenvalue weighted by atomic mass is 9.83. The van der Waals surface area contributed by atoms with Crippen molar-refractivity contribution >= 4 is 5.97 Å². The van der Waals surface area contributed by atoms with Crippen molar-refractivity contribution in [3.05, 3.63) is 28.8 Å². The summed E-state index contributed by atoms with van der Waals surface area (Å²) >= 11 is 0. The van der Waals surface area contributed by atoms with Crippen LogP contribution >= 0.6 is 0 Å². The van der Waals surface area contributed by atoms with Crippen molar-refractivity contribution in [2.75, 3.05) is 6.61 Å². The molecule has 23 heavy (non-hydrogen) atoms. The minimum atomic E-state index is -0.463. The topological polar surface area (TPSA) is 46.5 Å². The zero-order valence-electron chi connectivity index (χ0n) is 15.7. The maximum atomic E-state index is 12.3. The van der Waals surface area contributed by atoms with Gasteiger partial charge in [-0.2, -0.15) is 0 Å². The largest absolute Gasteiger partial charge is 0.507 e. The Kier molecular flexibility index (Phi) is 6.67. The van der Waals surface area contributed by atoms with E-state index in [-0.39, 0.29) is 17.1 Å². The molecule has 1 atom stereocenters. The number of phenolic OH excluding ortho intramolecular Hbond substituents is 1. The van der Waals surface area contributed by atoms with E-state index in [0.29, 0.717) is 18.1 Å². The summed E-state index contributed by atoms with van der Waals surface area (Å²) < 4.78 is 5.38. The van der Waals surface area contributed by atoms with Crippen LogP contribution in [0.15, 0.2) is 12.1 Å². The summed E-state index contributed by atoms with van der Waals surface area (Å²) in [5, 5.41) is 10.3. The van der Waals surface area contributed by atoms with Gasteiger partial charge in [0.25, 0.3) is 0 Å². The molecule has 0 saturated carbocycles. The number of ether oxygens (including phenoxy) is 1. The Hall–Kier alpha value is -1.51. The molecule has 3 nitrogen and oxygen atoms in total. The Labute approximate surface area is 141 Å². The number of benzene rings is 1. The van der Waals surface area contributed by atoms with Gasteiger partial charge in [0.05, 0.1) is 12.5 Å². The minimum Gasteiger partial charge on any atom is -0.507 e. The van der Waals surface area contributed by atoms with Gasteiger partial charge in [-0.25, -0.2) is 0 Å². The molecule has 0 radical (unpaired) electrons. The average Bonchev–Trinajstić information content (AvgIpc) is 2.44. The summed E-state index contributed by atoms with van der Waals surface area (Å²) in [4.78, 5) is 12.3. The van der Waals surface area contributed by atoms with Gasteiger partial charge >= 0.3 is 5.97 Å². The van der Waals surface area contributed by atoms with Crippen LogP contribution in [0.5, 0.6) is 5.75 Å². The van der Waals surface area contributed by atoms with Crippen molar-refractivity contribution < 1.29 is 14.6 Å². The fraction of sp³-hybridized carbons (Fsp3) is 0.650. The van der Waals surface area contributed by atoms with Gasteiger partial charge in [0, 0.05) is 5.56 Å². The van der Waals surface area contributed by atoms with E-state index in [1.165, 1.54) is 0 Å². The number of aromatic hydroxyl groups is 1. The third kappa shape index (κ3) is 5.56. The SMILES string of the molecule is Cc1cc(C(C)(C)C)cc(C(C)C(=O)OCCCC(C)C)c1O. The number of carbonyl (C=O) groups excluding carboxylic acids is 1. The molecule has 0 aliphatic carbocycles. The molecular weight excluding hydrogens is 288 g/mol. The van der Waals surface area contributed by atoms with Gasteiger partial charge in [-0.1, -0.05) is 46.8 Å². The van der Waals surface area contributed by atoms with Gasteiger partial charge in [0.2, 0.25) is 0 Å². The van der Waals surface area contributed by atoms with Crippen LogP contribution in [0.2, 0.25) is 0 Å². The van der Waals surface area contributed by atoms with Crippen LogP contribution in [0.4, 0.5) is 0 Å². The molecule has 130 valence electrons. The van der Waals surface area contributed by atoms with Crippen molar-refractivity contribution in [3.8, 4) is 5.75 Å². The molecule has 3 heteroatoms. The molecule has 1 N–H and O–H groups in total. The smallest absolute Gasteiger partial charge is 0.313 e. The molecule has 0 aromatic heterocycles. The molecule has 0 fully saturated rings. The molecule has 0 aliphatic rings. The highest BCUT2D eigenvalue weighted by Gasteiger charge is 2.24. The fourth-order valence-electron chi connectivity index (χ4n) is 2.49. The normalized spacial score (nSPS) is 13.2. The van der Waals surface area contributed by atoms with Crippen molar-refractivity contribution in [2.24, 2.45) is 5.92 Å². The number of hydrogen-bond donors (Lipinski definition) is 1. The number of carbonyl (C=O) groups is 1. The molecule has 0 aliphatic heterocycles. The highest BCUT2D eigenvalue weighted by atomic mass is 16.5. The van der Waals surface area contributed by atoms with Gasteiger partial charge in [-0.15, -0.1) is 0 Å². The van der Waals surface area contributed by atoms with Gasteiger partial charge < -0.3 is 9.84 Å².